The van der Waals surface area contributed by atoms with Gasteiger partial charge in [0.1, 0.15) is 12.9 Å². The average Bonchev–Trinajstić information content (AvgIpc) is 3.36. The van der Waals surface area contributed by atoms with Crippen molar-refractivity contribution >= 4 is 28.1 Å². The maximum absolute atomic E-state index is 12.8. The van der Waals surface area contributed by atoms with E-state index in [0.29, 0.717) is 41.0 Å². The molecule has 1 aromatic carbocycles. The number of aryl methyl sites for hydroxylation is 2. The normalized spacial score (nSPS) is 29.9. The molecule has 0 bridgehead atoms. The number of rotatable bonds is 5. The van der Waals surface area contributed by atoms with Crippen molar-refractivity contribution in [2.75, 3.05) is 12.4 Å². The highest BCUT2D eigenvalue weighted by atomic mass is 32.1. The number of amides is 1. The van der Waals surface area contributed by atoms with Crippen molar-refractivity contribution in [1.82, 2.24) is 4.98 Å². The Bertz CT molecular complexity index is 1210. The van der Waals surface area contributed by atoms with Gasteiger partial charge in [0.05, 0.1) is 5.71 Å². The molecule has 0 aliphatic heterocycles. The SMILES string of the molecule is CON=C1C[C@@H](CCC(=O)Nc2ncc(C)s2)C2C3CCc4cc(O)c(C(C)(C)C)cc4C3CC[C@]12C. The van der Waals surface area contributed by atoms with Gasteiger partial charge in [-0.2, -0.15) is 0 Å². The predicted molar refractivity (Wildman–Crippen MR) is 149 cm³/mol. The Balaban J connectivity index is 1.42. The van der Waals surface area contributed by atoms with Crippen LogP contribution >= 0.6 is 11.3 Å². The molecule has 5 rings (SSSR count). The number of hydrogen-bond acceptors (Lipinski definition) is 6. The number of aromatic nitrogens is 1. The molecule has 2 N–H and O–H groups in total. The second-order valence-corrected chi connectivity index (χ2v) is 13.9. The number of phenols is 1. The van der Waals surface area contributed by atoms with E-state index in [1.807, 2.05) is 13.0 Å². The molecule has 1 amide bonds. The summed E-state index contributed by atoms with van der Waals surface area (Å²) in [5, 5.41) is 19.0. The fourth-order valence-corrected chi connectivity index (χ4v) is 8.40. The minimum absolute atomic E-state index is 0.00597. The number of carbonyl (C=O) groups excluding carboxylic acids is 1. The summed E-state index contributed by atoms with van der Waals surface area (Å²) in [7, 11) is 1.64. The first-order valence-corrected chi connectivity index (χ1v) is 14.5. The number of anilines is 1. The number of carbonyl (C=O) groups is 1. The first-order chi connectivity index (χ1) is 17.5. The zero-order valence-electron chi connectivity index (χ0n) is 23.1. The first-order valence-electron chi connectivity index (χ1n) is 13.7. The number of aromatic hydroxyl groups is 1. The highest BCUT2D eigenvalue weighted by molar-refractivity contribution is 7.15. The predicted octanol–water partition coefficient (Wildman–Crippen LogP) is 6.96. The third-order valence-corrected chi connectivity index (χ3v) is 10.2. The number of nitrogens with one attached hydrogen (secondary N) is 1. The van der Waals surface area contributed by atoms with E-state index in [-0.39, 0.29) is 16.7 Å². The zero-order valence-corrected chi connectivity index (χ0v) is 23.9. The maximum atomic E-state index is 12.8. The molecule has 7 heteroatoms. The Hall–Kier alpha value is -2.41. The molecule has 200 valence electrons. The molecule has 5 atom stereocenters. The van der Waals surface area contributed by atoms with E-state index in [4.69, 9.17) is 4.84 Å². The molecule has 1 aromatic heterocycles. The summed E-state index contributed by atoms with van der Waals surface area (Å²) in [5.74, 6) is 2.37. The van der Waals surface area contributed by atoms with Crippen LogP contribution < -0.4 is 5.32 Å². The van der Waals surface area contributed by atoms with Gasteiger partial charge in [-0.25, -0.2) is 4.98 Å². The summed E-state index contributed by atoms with van der Waals surface area (Å²) >= 11 is 1.51. The summed E-state index contributed by atoms with van der Waals surface area (Å²) in [6, 6.07) is 4.34. The van der Waals surface area contributed by atoms with Crippen molar-refractivity contribution < 1.29 is 14.7 Å². The van der Waals surface area contributed by atoms with E-state index < -0.39 is 0 Å². The first kappa shape index (κ1) is 26.2. The van der Waals surface area contributed by atoms with Gasteiger partial charge in [-0.15, -0.1) is 11.3 Å². The van der Waals surface area contributed by atoms with Gasteiger partial charge in [-0.1, -0.05) is 38.9 Å². The second-order valence-electron chi connectivity index (χ2n) is 12.7. The van der Waals surface area contributed by atoms with Crippen molar-refractivity contribution in [1.29, 1.82) is 0 Å². The standard InChI is InChI=1S/C30H41N3O3S/c1-17-16-31-28(37-17)32-26(35)10-8-19-14-25(33-36-6)30(5)12-11-20-21(27(19)30)9-7-18-13-24(34)23(15-22(18)20)29(2,3)4/h13,15-16,19-21,27,34H,7-12,14H2,1-6H3,(H,31,32,35)/t19-,20?,21?,27?,30-/m1/s1. The molecule has 2 aromatic rings. The van der Waals surface area contributed by atoms with Crippen LogP contribution in [0.1, 0.15) is 93.7 Å². The molecule has 3 aliphatic rings. The van der Waals surface area contributed by atoms with Gasteiger partial charge in [-0.05, 0) is 97.3 Å². The van der Waals surface area contributed by atoms with Crippen LogP contribution in [0.2, 0.25) is 0 Å². The Morgan fingerprint density at radius 2 is 2.11 bits per heavy atom. The van der Waals surface area contributed by atoms with Gasteiger partial charge in [0, 0.05) is 22.9 Å². The van der Waals surface area contributed by atoms with E-state index in [1.165, 1.54) is 28.2 Å². The topological polar surface area (TPSA) is 83.8 Å². The van der Waals surface area contributed by atoms with E-state index in [9.17, 15) is 9.90 Å². The fourth-order valence-electron chi connectivity index (χ4n) is 7.72. The van der Waals surface area contributed by atoms with Gasteiger partial charge in [0.2, 0.25) is 5.91 Å². The zero-order chi connectivity index (χ0) is 26.5. The van der Waals surface area contributed by atoms with Gasteiger partial charge in [-0.3, -0.25) is 4.79 Å². The Labute approximate surface area is 224 Å². The summed E-state index contributed by atoms with van der Waals surface area (Å²) < 4.78 is 0. The minimum atomic E-state index is -0.104. The average molecular weight is 524 g/mol. The summed E-state index contributed by atoms with van der Waals surface area (Å²) in [5.41, 5.74) is 4.87. The van der Waals surface area contributed by atoms with Gasteiger partial charge in [0.25, 0.3) is 0 Å². The molecular weight excluding hydrogens is 482 g/mol. The van der Waals surface area contributed by atoms with Gasteiger partial charge < -0.3 is 15.3 Å². The molecule has 2 saturated carbocycles. The number of fused-ring (bicyclic) bond motifs is 5. The molecule has 0 spiro atoms. The largest absolute Gasteiger partial charge is 0.508 e. The van der Waals surface area contributed by atoms with Crippen molar-refractivity contribution in [2.45, 2.75) is 90.9 Å². The monoisotopic (exact) mass is 523 g/mol. The molecule has 6 nitrogen and oxygen atoms in total. The fraction of sp³-hybridized carbons (Fsp3) is 0.633. The number of thiazole rings is 1. The quantitative estimate of drug-likeness (QED) is 0.415. The lowest BCUT2D eigenvalue weighted by Crippen LogP contribution is -2.44. The van der Waals surface area contributed by atoms with Gasteiger partial charge >= 0.3 is 0 Å². The summed E-state index contributed by atoms with van der Waals surface area (Å²) in [4.78, 5) is 23.5. The number of hydrogen-bond donors (Lipinski definition) is 2. The Kier molecular flexibility index (Phi) is 6.88. The summed E-state index contributed by atoms with van der Waals surface area (Å²) in [6.45, 7) is 10.9. The van der Waals surface area contributed by atoms with E-state index in [0.717, 1.165) is 49.0 Å². The molecule has 2 fully saturated rings. The summed E-state index contributed by atoms with van der Waals surface area (Å²) in [6.07, 6.45) is 8.35. The third kappa shape index (κ3) is 4.80. The highest BCUT2D eigenvalue weighted by Crippen LogP contribution is 2.63. The lowest BCUT2D eigenvalue weighted by atomic mass is 9.53. The van der Waals surface area contributed by atoms with Crippen molar-refractivity contribution in [3.63, 3.8) is 0 Å². The Morgan fingerprint density at radius 3 is 2.78 bits per heavy atom. The van der Waals surface area contributed by atoms with Crippen LogP contribution in [0.5, 0.6) is 5.75 Å². The molecule has 3 unspecified atom stereocenters. The van der Waals surface area contributed by atoms with Crippen LogP contribution in [-0.2, 0) is 21.5 Å². The molecule has 37 heavy (non-hydrogen) atoms. The third-order valence-electron chi connectivity index (χ3n) is 9.33. The van der Waals surface area contributed by atoms with Crippen molar-refractivity contribution in [2.24, 2.45) is 28.3 Å². The minimum Gasteiger partial charge on any atom is -0.508 e. The Morgan fingerprint density at radius 1 is 1.32 bits per heavy atom. The van der Waals surface area contributed by atoms with Crippen LogP contribution in [0, 0.1) is 30.1 Å². The van der Waals surface area contributed by atoms with Gasteiger partial charge in [0.15, 0.2) is 5.13 Å². The van der Waals surface area contributed by atoms with Crippen LogP contribution in [0.15, 0.2) is 23.5 Å². The van der Waals surface area contributed by atoms with E-state index in [1.54, 1.807) is 13.3 Å². The molecular formula is C30H41N3O3S. The number of oxime groups is 1. The smallest absolute Gasteiger partial charge is 0.226 e. The van der Waals surface area contributed by atoms with Crippen LogP contribution in [0.25, 0.3) is 0 Å². The number of nitrogens with zero attached hydrogens (tertiary/aromatic N) is 2. The van der Waals surface area contributed by atoms with Crippen LogP contribution in [0.4, 0.5) is 5.13 Å². The molecule has 0 saturated heterocycles. The van der Waals surface area contributed by atoms with Crippen molar-refractivity contribution in [3.8, 4) is 5.75 Å². The van der Waals surface area contributed by atoms with Crippen LogP contribution in [0.3, 0.4) is 0 Å². The second kappa shape index (κ2) is 9.72. The van der Waals surface area contributed by atoms with Crippen LogP contribution in [-0.4, -0.2) is 28.8 Å². The van der Waals surface area contributed by atoms with E-state index in [2.05, 4.69) is 49.2 Å². The van der Waals surface area contributed by atoms with E-state index >= 15 is 0 Å². The van der Waals surface area contributed by atoms with Crippen molar-refractivity contribution in [3.05, 3.63) is 39.9 Å². The molecule has 1 heterocycles. The molecule has 0 radical (unpaired) electrons. The maximum Gasteiger partial charge on any atom is 0.226 e. The lowest BCUT2D eigenvalue weighted by Gasteiger charge is -2.50. The number of benzene rings is 1. The molecule has 3 aliphatic carbocycles. The highest BCUT2D eigenvalue weighted by Gasteiger charge is 2.57. The number of phenolic OH excluding ortho intramolecular Hbond substituents is 1. The lowest BCUT2D eigenvalue weighted by molar-refractivity contribution is -0.116.